The number of carbonyl (C=O) groups is 3. The number of anilines is 1. The molecular weight excluding hydrogens is 438 g/mol. The Bertz CT molecular complexity index is 1250. The van der Waals surface area contributed by atoms with E-state index in [0.29, 0.717) is 29.9 Å². The van der Waals surface area contributed by atoms with Crippen molar-refractivity contribution >= 4 is 23.7 Å². The fourth-order valence-corrected chi connectivity index (χ4v) is 4.12. The quantitative estimate of drug-likeness (QED) is 0.421. The molecule has 3 aromatic rings. The number of pyridine rings is 1. The van der Waals surface area contributed by atoms with Crippen molar-refractivity contribution in [3.05, 3.63) is 65.2 Å². The van der Waals surface area contributed by atoms with Crippen LogP contribution < -0.4 is 16.9 Å². The Kier molecular flexibility index (Phi) is 6.17. The van der Waals surface area contributed by atoms with E-state index in [1.165, 1.54) is 4.90 Å². The van der Waals surface area contributed by atoms with Crippen molar-refractivity contribution in [2.24, 2.45) is 5.73 Å². The molecule has 3 amide bonds. The Morgan fingerprint density at radius 3 is 2.53 bits per heavy atom. The lowest BCUT2D eigenvalue weighted by atomic mass is 10.0. The minimum atomic E-state index is -1.08. The molecule has 1 aromatic carbocycles. The minimum Gasteiger partial charge on any atom is -0.465 e. The molecule has 0 aliphatic carbocycles. The molecule has 0 radical (unpaired) electrons. The molecule has 0 spiro atoms. The summed E-state index contributed by atoms with van der Waals surface area (Å²) >= 11 is 0. The van der Waals surface area contributed by atoms with Gasteiger partial charge in [0.2, 0.25) is 0 Å². The average Bonchev–Trinajstić information content (AvgIpc) is 3.16. The highest BCUT2D eigenvalue weighted by Crippen LogP contribution is 2.33. The fraction of sp³-hybridized carbons (Fsp3) is 0.261. The van der Waals surface area contributed by atoms with Crippen LogP contribution in [0.2, 0.25) is 0 Å². The van der Waals surface area contributed by atoms with Crippen molar-refractivity contribution in [1.82, 2.24) is 19.5 Å². The van der Waals surface area contributed by atoms with Crippen molar-refractivity contribution < 1.29 is 19.5 Å². The Balaban J connectivity index is 1.65. The second-order valence-corrected chi connectivity index (χ2v) is 8.14. The molecule has 1 aliphatic rings. The van der Waals surface area contributed by atoms with Gasteiger partial charge in [-0.2, -0.15) is 0 Å². The topological polar surface area (TPSA) is 169 Å². The van der Waals surface area contributed by atoms with Crippen LogP contribution >= 0.6 is 0 Å². The van der Waals surface area contributed by atoms with Gasteiger partial charge in [0, 0.05) is 23.9 Å². The number of piperidine rings is 1. The molecule has 3 heterocycles. The SMILES string of the molecule is Cc1ccnc(NC(=O)c2ccc(-c3nc([C@@H]4CCCCN4C(=O)O)n(N)c3C(N)=O)cc2)c1. The summed E-state index contributed by atoms with van der Waals surface area (Å²) in [6.07, 6.45) is 2.61. The van der Waals surface area contributed by atoms with Crippen LogP contribution in [0, 0.1) is 6.92 Å². The van der Waals surface area contributed by atoms with Gasteiger partial charge >= 0.3 is 6.09 Å². The molecule has 2 aromatic heterocycles. The lowest BCUT2D eigenvalue weighted by Crippen LogP contribution is -2.39. The standard InChI is InChI=1S/C23H25N7O4/c1-13-9-10-26-17(12-13)27-22(32)15-7-5-14(6-8-15)18-19(20(24)31)30(25)21(28-18)16-4-2-3-11-29(16)23(33)34/h5-10,12,16H,2-4,11,25H2,1H3,(H2,24,31)(H,33,34)(H,26,27,32)/t16-/m0/s1. The molecule has 1 atom stereocenters. The second-order valence-electron chi connectivity index (χ2n) is 8.14. The first-order valence-electron chi connectivity index (χ1n) is 10.8. The van der Waals surface area contributed by atoms with E-state index in [1.807, 2.05) is 13.0 Å². The number of amides is 3. The van der Waals surface area contributed by atoms with E-state index < -0.39 is 18.0 Å². The Labute approximate surface area is 195 Å². The summed E-state index contributed by atoms with van der Waals surface area (Å²) in [5.41, 5.74) is 7.64. The Hall–Kier alpha value is -4.41. The van der Waals surface area contributed by atoms with Crippen LogP contribution in [-0.4, -0.2) is 49.1 Å². The molecule has 0 bridgehead atoms. The second kappa shape index (κ2) is 9.22. The number of nitrogens with zero attached hydrogens (tertiary/aromatic N) is 4. The van der Waals surface area contributed by atoms with Gasteiger partial charge in [-0.15, -0.1) is 0 Å². The molecular formula is C23H25N7O4. The summed E-state index contributed by atoms with van der Waals surface area (Å²) in [6, 6.07) is 9.44. The number of nitrogens with two attached hydrogens (primary N) is 2. The maximum atomic E-state index is 12.6. The van der Waals surface area contributed by atoms with E-state index in [0.717, 1.165) is 23.1 Å². The third-order valence-electron chi connectivity index (χ3n) is 5.80. The average molecular weight is 463 g/mol. The Morgan fingerprint density at radius 2 is 1.88 bits per heavy atom. The van der Waals surface area contributed by atoms with Gasteiger partial charge in [-0.25, -0.2) is 19.4 Å². The summed E-state index contributed by atoms with van der Waals surface area (Å²) in [5.74, 6) is 5.73. The first-order valence-corrected chi connectivity index (χ1v) is 10.8. The number of aryl methyl sites for hydroxylation is 1. The maximum Gasteiger partial charge on any atom is 0.407 e. The molecule has 6 N–H and O–H groups in total. The first-order chi connectivity index (χ1) is 16.3. The first kappa shape index (κ1) is 22.8. The molecule has 1 fully saturated rings. The summed E-state index contributed by atoms with van der Waals surface area (Å²) in [7, 11) is 0. The normalized spacial score (nSPS) is 15.7. The van der Waals surface area contributed by atoms with Crippen molar-refractivity contribution in [3.8, 4) is 11.3 Å². The summed E-state index contributed by atoms with van der Waals surface area (Å²) in [5, 5.41) is 12.3. The van der Waals surface area contributed by atoms with Gasteiger partial charge in [-0.3, -0.25) is 14.5 Å². The summed E-state index contributed by atoms with van der Waals surface area (Å²) in [6.45, 7) is 2.25. The molecule has 34 heavy (non-hydrogen) atoms. The van der Waals surface area contributed by atoms with Gasteiger partial charge in [-0.05, 0) is 56.0 Å². The molecule has 11 heteroatoms. The van der Waals surface area contributed by atoms with Gasteiger partial charge in [0.05, 0.1) is 6.04 Å². The molecule has 11 nitrogen and oxygen atoms in total. The van der Waals surface area contributed by atoms with E-state index in [4.69, 9.17) is 11.6 Å². The number of likely N-dealkylation sites (tertiary alicyclic amines) is 1. The lowest BCUT2D eigenvalue weighted by molar-refractivity contribution is 0.0986. The molecule has 176 valence electrons. The van der Waals surface area contributed by atoms with Gasteiger partial charge < -0.3 is 22.0 Å². The number of aromatic nitrogens is 3. The van der Waals surface area contributed by atoms with E-state index in [-0.39, 0.29) is 23.1 Å². The van der Waals surface area contributed by atoms with E-state index >= 15 is 0 Å². The summed E-state index contributed by atoms with van der Waals surface area (Å²) in [4.78, 5) is 46.4. The van der Waals surface area contributed by atoms with Gasteiger partial charge in [-0.1, -0.05) is 12.1 Å². The summed E-state index contributed by atoms with van der Waals surface area (Å²) < 4.78 is 1.08. The highest BCUT2D eigenvalue weighted by molar-refractivity contribution is 6.04. The number of carbonyl (C=O) groups excluding carboxylic acids is 2. The highest BCUT2D eigenvalue weighted by atomic mass is 16.4. The highest BCUT2D eigenvalue weighted by Gasteiger charge is 2.34. The number of rotatable bonds is 5. The minimum absolute atomic E-state index is 0.0351. The van der Waals surface area contributed by atoms with Gasteiger partial charge in [0.1, 0.15) is 11.5 Å². The zero-order valence-corrected chi connectivity index (χ0v) is 18.6. The van der Waals surface area contributed by atoms with E-state index in [2.05, 4.69) is 15.3 Å². The van der Waals surface area contributed by atoms with Crippen LogP contribution in [0.4, 0.5) is 10.6 Å². The smallest absolute Gasteiger partial charge is 0.407 e. The number of hydrogen-bond donors (Lipinski definition) is 4. The van der Waals surface area contributed by atoms with Crippen molar-refractivity contribution in [1.29, 1.82) is 0 Å². The number of benzene rings is 1. The fourth-order valence-electron chi connectivity index (χ4n) is 4.12. The zero-order chi connectivity index (χ0) is 24.4. The molecule has 4 rings (SSSR count). The largest absolute Gasteiger partial charge is 0.465 e. The number of nitrogen functional groups attached to an aromatic ring is 1. The predicted molar refractivity (Wildman–Crippen MR) is 125 cm³/mol. The van der Waals surface area contributed by atoms with Crippen LogP contribution in [-0.2, 0) is 0 Å². The molecule has 0 saturated carbocycles. The number of carboxylic acid groups (broad SMARTS) is 1. The molecule has 1 aliphatic heterocycles. The molecule has 1 saturated heterocycles. The maximum absolute atomic E-state index is 12.6. The Morgan fingerprint density at radius 1 is 1.15 bits per heavy atom. The van der Waals surface area contributed by atoms with E-state index in [1.54, 1.807) is 36.5 Å². The van der Waals surface area contributed by atoms with Crippen molar-refractivity contribution in [3.63, 3.8) is 0 Å². The third kappa shape index (κ3) is 4.40. The zero-order valence-electron chi connectivity index (χ0n) is 18.6. The lowest BCUT2D eigenvalue weighted by Gasteiger charge is -2.32. The third-order valence-corrected chi connectivity index (χ3v) is 5.80. The van der Waals surface area contributed by atoms with Crippen LogP contribution in [0.3, 0.4) is 0 Å². The van der Waals surface area contributed by atoms with E-state index in [9.17, 15) is 19.5 Å². The van der Waals surface area contributed by atoms with Gasteiger partial charge in [0.25, 0.3) is 11.8 Å². The van der Waals surface area contributed by atoms with Crippen LogP contribution in [0.5, 0.6) is 0 Å². The van der Waals surface area contributed by atoms with Gasteiger partial charge in [0.15, 0.2) is 11.5 Å². The monoisotopic (exact) mass is 463 g/mol. The number of nitrogens with one attached hydrogen (secondary N) is 1. The number of imidazole rings is 1. The van der Waals surface area contributed by atoms with Crippen molar-refractivity contribution in [2.45, 2.75) is 32.2 Å². The number of primary amides is 1. The number of hydrogen-bond acceptors (Lipinski definition) is 6. The van der Waals surface area contributed by atoms with Crippen LogP contribution in [0.15, 0.2) is 42.6 Å². The predicted octanol–water partition coefficient (Wildman–Crippen LogP) is 2.52. The van der Waals surface area contributed by atoms with Crippen LogP contribution in [0.1, 0.15) is 57.5 Å². The van der Waals surface area contributed by atoms with Crippen molar-refractivity contribution in [2.75, 3.05) is 17.7 Å². The van der Waals surface area contributed by atoms with Crippen LogP contribution in [0.25, 0.3) is 11.3 Å². The molecule has 0 unspecified atom stereocenters.